The van der Waals surface area contributed by atoms with E-state index in [-0.39, 0.29) is 39.5 Å². The summed E-state index contributed by atoms with van der Waals surface area (Å²) in [7, 11) is -3.12. The largest absolute Gasteiger partial charge is 0.372 e. The maximum Gasteiger partial charge on any atom is 0.271 e. The molecule has 1 N–H and O–H groups in total. The first kappa shape index (κ1) is 20.7. The van der Waals surface area contributed by atoms with Gasteiger partial charge >= 0.3 is 0 Å². The SMILES string of the molecule is CCN(/C=C(/C#N)C(=O)Nc1cc([N+](=O)[O-])ccc1Cl)C1CCS(=O)(=O)C1. The Labute approximate surface area is 161 Å². The lowest BCUT2D eigenvalue weighted by molar-refractivity contribution is -0.384. The number of non-ortho nitro benzene ring substituents is 1. The van der Waals surface area contributed by atoms with Crippen LogP contribution in [0.3, 0.4) is 0 Å². The van der Waals surface area contributed by atoms with Crippen molar-refractivity contribution in [3.05, 3.63) is 45.1 Å². The van der Waals surface area contributed by atoms with Gasteiger partial charge < -0.3 is 10.2 Å². The number of anilines is 1. The standard InChI is InChI=1S/C16H17ClN4O5S/c1-2-20(13-5-6-27(25,26)10-13)9-11(8-18)16(22)19-15-7-12(21(23)24)3-4-14(15)17/h3-4,7,9,13H,2,5-6,10H2,1H3,(H,19,22)/b11-9-. The summed E-state index contributed by atoms with van der Waals surface area (Å²) in [5, 5.41) is 22.6. The first-order valence-electron chi connectivity index (χ1n) is 8.00. The summed E-state index contributed by atoms with van der Waals surface area (Å²) in [6.07, 6.45) is 1.73. The topological polar surface area (TPSA) is 133 Å². The van der Waals surface area contributed by atoms with Crippen LogP contribution in [0.1, 0.15) is 13.3 Å². The summed E-state index contributed by atoms with van der Waals surface area (Å²) in [4.78, 5) is 24.3. The van der Waals surface area contributed by atoms with Crippen molar-refractivity contribution < 1.29 is 18.1 Å². The minimum absolute atomic E-state index is 0.00325. The van der Waals surface area contributed by atoms with E-state index in [2.05, 4.69) is 5.32 Å². The molecule has 0 saturated carbocycles. The summed E-state index contributed by atoms with van der Waals surface area (Å²) in [5.74, 6) is -0.757. The second-order valence-electron chi connectivity index (χ2n) is 5.92. The zero-order valence-electron chi connectivity index (χ0n) is 14.4. The molecule has 1 heterocycles. The quantitative estimate of drug-likeness (QED) is 0.327. The van der Waals surface area contributed by atoms with Crippen LogP contribution in [0.2, 0.25) is 5.02 Å². The number of benzene rings is 1. The molecular weight excluding hydrogens is 396 g/mol. The van der Waals surface area contributed by atoms with Crippen molar-refractivity contribution in [3.8, 4) is 6.07 Å². The minimum atomic E-state index is -3.12. The third-order valence-electron chi connectivity index (χ3n) is 4.11. The molecule has 1 saturated heterocycles. The molecule has 0 aromatic heterocycles. The van der Waals surface area contributed by atoms with E-state index >= 15 is 0 Å². The molecule has 0 bridgehead atoms. The smallest absolute Gasteiger partial charge is 0.271 e. The van der Waals surface area contributed by atoms with Crippen molar-refractivity contribution in [3.63, 3.8) is 0 Å². The Bertz CT molecular complexity index is 939. The molecule has 1 aromatic rings. The predicted octanol–water partition coefficient (Wildman–Crippen LogP) is 2.10. The molecule has 1 unspecified atom stereocenters. The molecule has 0 spiro atoms. The van der Waals surface area contributed by atoms with Crippen LogP contribution in [-0.2, 0) is 14.6 Å². The van der Waals surface area contributed by atoms with E-state index in [0.717, 1.165) is 6.07 Å². The van der Waals surface area contributed by atoms with Crippen molar-refractivity contribution >= 4 is 38.7 Å². The van der Waals surface area contributed by atoms with E-state index in [1.807, 2.05) is 0 Å². The van der Waals surface area contributed by atoms with E-state index in [9.17, 15) is 28.6 Å². The van der Waals surface area contributed by atoms with Gasteiger partial charge in [0, 0.05) is 30.9 Å². The van der Waals surface area contributed by atoms with Gasteiger partial charge in [-0.25, -0.2) is 8.42 Å². The maximum atomic E-state index is 12.4. The average molecular weight is 413 g/mol. The maximum absolute atomic E-state index is 12.4. The highest BCUT2D eigenvalue weighted by Crippen LogP contribution is 2.27. The summed E-state index contributed by atoms with van der Waals surface area (Å²) >= 11 is 5.94. The van der Waals surface area contributed by atoms with Crippen molar-refractivity contribution in [1.29, 1.82) is 5.26 Å². The van der Waals surface area contributed by atoms with Crippen LogP contribution in [0.15, 0.2) is 30.0 Å². The highest BCUT2D eigenvalue weighted by molar-refractivity contribution is 7.91. The lowest BCUT2D eigenvalue weighted by atomic mass is 10.2. The van der Waals surface area contributed by atoms with Crippen LogP contribution < -0.4 is 5.32 Å². The molecule has 11 heteroatoms. The van der Waals surface area contributed by atoms with E-state index < -0.39 is 20.7 Å². The molecule has 0 radical (unpaired) electrons. The molecule has 9 nitrogen and oxygen atoms in total. The van der Waals surface area contributed by atoms with E-state index in [4.69, 9.17) is 11.6 Å². The molecule has 27 heavy (non-hydrogen) atoms. The van der Waals surface area contributed by atoms with Gasteiger partial charge in [0.1, 0.15) is 11.6 Å². The van der Waals surface area contributed by atoms with Gasteiger partial charge in [0.05, 0.1) is 27.1 Å². The summed E-state index contributed by atoms with van der Waals surface area (Å²) in [6, 6.07) is 5.02. The van der Waals surface area contributed by atoms with Gasteiger partial charge in [-0.15, -0.1) is 0 Å². The second-order valence-corrected chi connectivity index (χ2v) is 8.55. The molecule has 1 amide bonds. The van der Waals surface area contributed by atoms with Crippen LogP contribution in [0.5, 0.6) is 0 Å². The van der Waals surface area contributed by atoms with Crippen LogP contribution in [-0.4, -0.2) is 48.2 Å². The normalized spacial score (nSPS) is 18.6. The monoisotopic (exact) mass is 412 g/mol. The number of carbonyl (C=O) groups is 1. The molecule has 1 fully saturated rings. The molecule has 2 rings (SSSR count). The second kappa shape index (κ2) is 8.37. The lowest BCUT2D eigenvalue weighted by Crippen LogP contribution is -2.32. The van der Waals surface area contributed by atoms with E-state index in [0.29, 0.717) is 13.0 Å². The number of nitrogens with one attached hydrogen (secondary N) is 1. The van der Waals surface area contributed by atoms with Crippen molar-refractivity contribution in [2.75, 3.05) is 23.4 Å². The fourth-order valence-electron chi connectivity index (χ4n) is 2.71. The van der Waals surface area contributed by atoms with Gasteiger partial charge in [0.2, 0.25) is 0 Å². The van der Waals surface area contributed by atoms with Gasteiger partial charge in [-0.2, -0.15) is 5.26 Å². The van der Waals surface area contributed by atoms with E-state index in [1.54, 1.807) is 17.9 Å². The van der Waals surface area contributed by atoms with Crippen molar-refractivity contribution in [2.45, 2.75) is 19.4 Å². The number of nitro groups is 1. The Morgan fingerprint density at radius 1 is 1.56 bits per heavy atom. The Morgan fingerprint density at radius 3 is 2.78 bits per heavy atom. The van der Waals surface area contributed by atoms with Crippen LogP contribution in [0.25, 0.3) is 0 Å². The zero-order chi connectivity index (χ0) is 20.2. The van der Waals surface area contributed by atoms with Gasteiger partial charge in [-0.3, -0.25) is 14.9 Å². The minimum Gasteiger partial charge on any atom is -0.372 e. The number of amides is 1. The molecule has 1 atom stereocenters. The van der Waals surface area contributed by atoms with Crippen molar-refractivity contribution in [2.24, 2.45) is 0 Å². The number of nitriles is 1. The molecule has 1 aliphatic rings. The third kappa shape index (κ3) is 5.18. The molecule has 144 valence electrons. The number of nitro benzene ring substituents is 1. The van der Waals surface area contributed by atoms with Gasteiger partial charge in [0.15, 0.2) is 9.84 Å². The van der Waals surface area contributed by atoms with Gasteiger partial charge in [-0.05, 0) is 19.4 Å². The Balaban J connectivity index is 2.22. The number of sulfone groups is 1. The summed E-state index contributed by atoms with van der Waals surface area (Å²) < 4.78 is 23.3. The van der Waals surface area contributed by atoms with Crippen LogP contribution in [0.4, 0.5) is 11.4 Å². The van der Waals surface area contributed by atoms with Gasteiger partial charge in [-0.1, -0.05) is 11.6 Å². The zero-order valence-corrected chi connectivity index (χ0v) is 16.0. The van der Waals surface area contributed by atoms with Crippen LogP contribution >= 0.6 is 11.6 Å². The summed E-state index contributed by atoms with van der Waals surface area (Å²) in [5.41, 5.74) is -0.518. The molecular formula is C16H17ClN4O5S. The lowest BCUT2D eigenvalue weighted by Gasteiger charge is -2.25. The number of hydrogen-bond acceptors (Lipinski definition) is 7. The third-order valence-corrected chi connectivity index (χ3v) is 6.19. The van der Waals surface area contributed by atoms with Crippen molar-refractivity contribution in [1.82, 2.24) is 4.90 Å². The number of hydrogen-bond donors (Lipinski definition) is 1. The summed E-state index contributed by atoms with van der Waals surface area (Å²) in [6.45, 7) is 2.20. The highest BCUT2D eigenvalue weighted by atomic mass is 35.5. The molecule has 0 aliphatic carbocycles. The Kier molecular flexibility index (Phi) is 6.41. The molecule has 1 aliphatic heterocycles. The number of halogens is 1. The number of nitrogens with zero attached hydrogens (tertiary/aromatic N) is 3. The predicted molar refractivity (Wildman–Crippen MR) is 99.9 cm³/mol. The average Bonchev–Trinajstić information content (AvgIpc) is 2.97. The van der Waals surface area contributed by atoms with Gasteiger partial charge in [0.25, 0.3) is 11.6 Å². The first-order valence-corrected chi connectivity index (χ1v) is 10.2. The molecule has 1 aromatic carbocycles. The fourth-order valence-corrected chi connectivity index (χ4v) is 4.62. The Hall–Kier alpha value is -2.64. The first-order chi connectivity index (χ1) is 12.7. The van der Waals surface area contributed by atoms with E-state index in [1.165, 1.54) is 18.3 Å². The fraction of sp³-hybridized carbons (Fsp3) is 0.375. The number of carbonyl (C=O) groups excluding carboxylic acids is 1. The number of rotatable bonds is 6. The Morgan fingerprint density at radius 2 is 2.26 bits per heavy atom. The van der Waals surface area contributed by atoms with Crippen LogP contribution in [0, 0.1) is 21.4 Å². The highest BCUT2D eigenvalue weighted by Gasteiger charge is 2.31.